The van der Waals surface area contributed by atoms with Crippen LogP contribution in [0, 0.1) is 17.2 Å². The van der Waals surface area contributed by atoms with E-state index in [0.29, 0.717) is 30.6 Å². The normalized spacial score (nSPS) is 22.6. The minimum Gasteiger partial charge on any atom is -0.379 e. The van der Waals surface area contributed by atoms with Crippen molar-refractivity contribution < 1.29 is 17.9 Å². The lowest BCUT2D eigenvalue weighted by Crippen LogP contribution is -2.46. The summed E-state index contributed by atoms with van der Waals surface area (Å²) in [6.45, 7) is 0.381. The van der Waals surface area contributed by atoms with Crippen LogP contribution < -0.4 is 15.4 Å². The van der Waals surface area contributed by atoms with E-state index in [1.54, 1.807) is 25.4 Å². The molecule has 0 spiro atoms. The SMILES string of the molecule is CO[C@@H]1CC[C@H](C(=O)NCCNS(C)(=O)=O)C[C@H]1Nc1ncccc1C#N. The van der Waals surface area contributed by atoms with Gasteiger partial charge in [0, 0.05) is 32.3 Å². The fourth-order valence-electron chi connectivity index (χ4n) is 3.17. The molecule has 1 heterocycles. The second kappa shape index (κ2) is 9.64. The Morgan fingerprint density at radius 2 is 2.19 bits per heavy atom. The van der Waals surface area contributed by atoms with Crippen LogP contribution in [0.1, 0.15) is 24.8 Å². The van der Waals surface area contributed by atoms with Crippen LogP contribution in [0.4, 0.5) is 5.82 Å². The third-order valence-corrected chi connectivity index (χ3v) is 5.23. The summed E-state index contributed by atoms with van der Waals surface area (Å²) in [6.07, 6.45) is 4.50. The van der Waals surface area contributed by atoms with Gasteiger partial charge in [-0.15, -0.1) is 0 Å². The molecule has 3 N–H and O–H groups in total. The highest BCUT2D eigenvalue weighted by molar-refractivity contribution is 7.88. The molecule has 0 saturated heterocycles. The zero-order valence-electron chi connectivity index (χ0n) is 15.4. The third-order valence-electron chi connectivity index (χ3n) is 4.50. The molecule has 27 heavy (non-hydrogen) atoms. The lowest BCUT2D eigenvalue weighted by Gasteiger charge is -2.35. The fraction of sp³-hybridized carbons (Fsp3) is 0.588. The van der Waals surface area contributed by atoms with Crippen molar-refractivity contribution in [2.24, 2.45) is 5.92 Å². The molecule has 1 aromatic heterocycles. The second-order valence-electron chi connectivity index (χ2n) is 6.50. The molecule has 0 aromatic carbocycles. The van der Waals surface area contributed by atoms with Gasteiger partial charge in [-0.3, -0.25) is 4.79 Å². The molecule has 0 unspecified atom stereocenters. The van der Waals surface area contributed by atoms with E-state index in [4.69, 9.17) is 4.74 Å². The van der Waals surface area contributed by atoms with Gasteiger partial charge in [-0.05, 0) is 31.4 Å². The van der Waals surface area contributed by atoms with Gasteiger partial charge in [0.1, 0.15) is 11.9 Å². The predicted octanol–water partition coefficient (Wildman–Crippen LogP) is 0.214. The van der Waals surface area contributed by atoms with Crippen molar-refractivity contribution in [3.05, 3.63) is 23.9 Å². The van der Waals surface area contributed by atoms with Gasteiger partial charge in [-0.25, -0.2) is 18.1 Å². The van der Waals surface area contributed by atoms with E-state index in [0.717, 1.165) is 6.26 Å². The molecule has 1 aromatic rings. The summed E-state index contributed by atoms with van der Waals surface area (Å²) < 4.78 is 30.0. The zero-order chi connectivity index (χ0) is 19.9. The van der Waals surface area contributed by atoms with E-state index in [1.807, 2.05) is 0 Å². The van der Waals surface area contributed by atoms with E-state index in [-0.39, 0.29) is 37.1 Å². The summed E-state index contributed by atoms with van der Waals surface area (Å²) in [5.74, 6) is 0.139. The highest BCUT2D eigenvalue weighted by Crippen LogP contribution is 2.29. The minimum absolute atomic E-state index is 0.0884. The van der Waals surface area contributed by atoms with Crippen LogP contribution in [0.5, 0.6) is 0 Å². The number of amides is 1. The van der Waals surface area contributed by atoms with Gasteiger partial charge >= 0.3 is 0 Å². The maximum atomic E-state index is 12.4. The predicted molar refractivity (Wildman–Crippen MR) is 100 cm³/mol. The number of nitrogens with zero attached hydrogens (tertiary/aromatic N) is 2. The Bertz CT molecular complexity index is 793. The highest BCUT2D eigenvalue weighted by atomic mass is 32.2. The number of sulfonamides is 1. The summed E-state index contributed by atoms with van der Waals surface area (Å²) in [4.78, 5) is 16.6. The number of carbonyl (C=O) groups excluding carboxylic acids is 1. The molecule has 10 heteroatoms. The lowest BCUT2D eigenvalue weighted by molar-refractivity contribution is -0.126. The largest absolute Gasteiger partial charge is 0.379 e. The Balaban J connectivity index is 1.95. The van der Waals surface area contributed by atoms with E-state index < -0.39 is 10.0 Å². The molecule has 0 radical (unpaired) electrons. The van der Waals surface area contributed by atoms with Crippen molar-refractivity contribution in [1.29, 1.82) is 5.26 Å². The Morgan fingerprint density at radius 1 is 1.41 bits per heavy atom. The number of methoxy groups -OCH3 is 1. The van der Waals surface area contributed by atoms with Gasteiger partial charge in [-0.2, -0.15) is 5.26 Å². The first-order valence-electron chi connectivity index (χ1n) is 8.71. The van der Waals surface area contributed by atoms with Crippen LogP contribution >= 0.6 is 0 Å². The van der Waals surface area contributed by atoms with Crippen molar-refractivity contribution in [2.45, 2.75) is 31.4 Å². The Morgan fingerprint density at radius 3 is 2.85 bits per heavy atom. The van der Waals surface area contributed by atoms with Crippen LogP contribution in [0.25, 0.3) is 0 Å². The molecule has 9 nitrogen and oxygen atoms in total. The van der Waals surface area contributed by atoms with Gasteiger partial charge in [0.05, 0.1) is 24.0 Å². The van der Waals surface area contributed by atoms with Gasteiger partial charge in [0.2, 0.25) is 15.9 Å². The van der Waals surface area contributed by atoms with Gasteiger partial charge in [0.15, 0.2) is 0 Å². The number of nitriles is 1. The summed E-state index contributed by atoms with van der Waals surface area (Å²) in [5.41, 5.74) is 0.436. The molecule has 1 aliphatic rings. The van der Waals surface area contributed by atoms with E-state index in [2.05, 4.69) is 26.4 Å². The summed E-state index contributed by atoms with van der Waals surface area (Å²) in [7, 11) is -1.64. The number of hydrogen-bond donors (Lipinski definition) is 3. The number of rotatable bonds is 8. The van der Waals surface area contributed by atoms with Crippen LogP contribution in [0.3, 0.4) is 0 Å². The number of carbonyl (C=O) groups is 1. The Hall–Kier alpha value is -2.22. The van der Waals surface area contributed by atoms with Gasteiger partial charge < -0.3 is 15.4 Å². The van der Waals surface area contributed by atoms with Crippen LogP contribution in [0.2, 0.25) is 0 Å². The molecule has 3 atom stereocenters. The summed E-state index contributed by atoms with van der Waals surface area (Å²) in [6, 6.07) is 5.31. The Labute approximate surface area is 159 Å². The van der Waals surface area contributed by atoms with Gasteiger partial charge in [-0.1, -0.05) is 0 Å². The van der Waals surface area contributed by atoms with Gasteiger partial charge in [0.25, 0.3) is 0 Å². The quantitative estimate of drug-likeness (QED) is 0.536. The monoisotopic (exact) mass is 395 g/mol. The van der Waals surface area contributed by atoms with Crippen LogP contribution in [0.15, 0.2) is 18.3 Å². The first kappa shape index (κ1) is 21.1. The molecule has 1 saturated carbocycles. The number of ether oxygens (including phenoxy) is 1. The Kier molecular flexibility index (Phi) is 7.53. The average Bonchev–Trinajstić information content (AvgIpc) is 2.64. The van der Waals surface area contributed by atoms with Crippen molar-refractivity contribution in [3.63, 3.8) is 0 Å². The minimum atomic E-state index is -3.27. The van der Waals surface area contributed by atoms with Crippen molar-refractivity contribution in [3.8, 4) is 6.07 Å². The van der Waals surface area contributed by atoms with Crippen LogP contribution in [-0.2, 0) is 19.6 Å². The van der Waals surface area contributed by atoms with Crippen molar-refractivity contribution in [1.82, 2.24) is 15.0 Å². The molecule has 2 rings (SSSR count). The molecule has 1 aliphatic carbocycles. The molecule has 148 valence electrons. The van der Waals surface area contributed by atoms with Crippen molar-refractivity contribution in [2.75, 3.05) is 31.8 Å². The standard InChI is InChI=1S/C17H25N5O4S/c1-26-15-6-5-12(17(23)20-8-9-21-27(2,24)25)10-14(15)22-16-13(11-18)4-3-7-19-16/h3-4,7,12,14-15,21H,5-6,8-10H2,1-2H3,(H,19,22)(H,20,23)/t12-,14+,15+/m0/s1. The number of anilines is 1. The molecular formula is C17H25N5O4S. The summed E-state index contributed by atoms with van der Waals surface area (Å²) in [5, 5.41) is 15.2. The smallest absolute Gasteiger partial charge is 0.223 e. The molecule has 1 fully saturated rings. The van der Waals surface area contributed by atoms with E-state index in [1.165, 1.54) is 0 Å². The van der Waals surface area contributed by atoms with E-state index >= 15 is 0 Å². The molecule has 0 aliphatic heterocycles. The highest BCUT2D eigenvalue weighted by Gasteiger charge is 2.34. The molecular weight excluding hydrogens is 370 g/mol. The summed E-state index contributed by atoms with van der Waals surface area (Å²) >= 11 is 0. The first-order chi connectivity index (χ1) is 12.8. The maximum Gasteiger partial charge on any atom is 0.223 e. The number of hydrogen-bond acceptors (Lipinski definition) is 7. The maximum absolute atomic E-state index is 12.4. The fourth-order valence-corrected chi connectivity index (χ4v) is 3.64. The van der Waals surface area contributed by atoms with E-state index in [9.17, 15) is 18.5 Å². The topological polar surface area (TPSA) is 133 Å². The van der Waals surface area contributed by atoms with Crippen molar-refractivity contribution >= 4 is 21.7 Å². The first-order valence-corrected chi connectivity index (χ1v) is 10.6. The molecule has 1 amide bonds. The second-order valence-corrected chi connectivity index (χ2v) is 8.34. The molecule has 0 bridgehead atoms. The number of aromatic nitrogens is 1. The average molecular weight is 395 g/mol. The lowest BCUT2D eigenvalue weighted by atomic mass is 9.83. The number of nitrogens with one attached hydrogen (secondary N) is 3. The third kappa shape index (κ3) is 6.46. The zero-order valence-corrected chi connectivity index (χ0v) is 16.3. The van der Waals surface area contributed by atoms with Crippen LogP contribution in [-0.4, -0.2) is 57.9 Å². The number of pyridine rings is 1.